The van der Waals surface area contributed by atoms with Crippen molar-refractivity contribution in [3.63, 3.8) is 0 Å². The van der Waals surface area contributed by atoms with Crippen molar-refractivity contribution in [3.05, 3.63) is 28.8 Å². The van der Waals surface area contributed by atoms with Crippen LogP contribution in [0.15, 0.2) is 23.1 Å². The third-order valence-electron chi connectivity index (χ3n) is 3.26. The van der Waals surface area contributed by atoms with Crippen molar-refractivity contribution in [2.75, 3.05) is 25.6 Å². The molecule has 1 atom stereocenters. The Morgan fingerprint density at radius 1 is 1.43 bits per heavy atom. The van der Waals surface area contributed by atoms with E-state index in [9.17, 15) is 8.42 Å². The van der Waals surface area contributed by atoms with E-state index in [1.165, 1.54) is 4.31 Å². The lowest BCUT2D eigenvalue weighted by Crippen LogP contribution is -2.36. The van der Waals surface area contributed by atoms with Crippen molar-refractivity contribution in [1.29, 1.82) is 0 Å². The first-order valence-electron chi connectivity index (χ1n) is 6.80. The zero-order valence-electron chi connectivity index (χ0n) is 12.9. The molecule has 1 unspecified atom stereocenters. The fourth-order valence-electron chi connectivity index (χ4n) is 1.86. The van der Waals surface area contributed by atoms with E-state index in [0.717, 1.165) is 17.9 Å². The van der Waals surface area contributed by atoms with E-state index in [4.69, 9.17) is 11.6 Å². The highest BCUT2D eigenvalue weighted by Crippen LogP contribution is 2.26. The Hall–Kier alpha value is -0.270. The van der Waals surface area contributed by atoms with E-state index < -0.39 is 10.0 Å². The monoisotopic (exact) mass is 350 g/mol. The van der Waals surface area contributed by atoms with Crippen molar-refractivity contribution < 1.29 is 8.42 Å². The predicted molar refractivity (Wildman–Crippen MR) is 91.6 cm³/mol. The molecule has 0 amide bonds. The van der Waals surface area contributed by atoms with Crippen molar-refractivity contribution in [1.82, 2.24) is 9.62 Å². The molecule has 0 heterocycles. The Labute approximate surface area is 137 Å². The lowest BCUT2D eigenvalue weighted by Gasteiger charge is -2.24. The second kappa shape index (κ2) is 8.39. The second-order valence-electron chi connectivity index (χ2n) is 4.87. The molecule has 0 saturated heterocycles. The van der Waals surface area contributed by atoms with E-state index in [1.54, 1.807) is 30.9 Å². The minimum Gasteiger partial charge on any atom is -0.313 e. The maximum atomic E-state index is 12.7. The van der Waals surface area contributed by atoms with Crippen LogP contribution in [-0.2, 0) is 16.6 Å². The smallest absolute Gasteiger partial charge is 0.244 e. The third-order valence-corrected chi connectivity index (χ3v) is 6.53. The van der Waals surface area contributed by atoms with Gasteiger partial charge in [0.15, 0.2) is 0 Å². The average molecular weight is 351 g/mol. The summed E-state index contributed by atoms with van der Waals surface area (Å²) < 4.78 is 26.8. The Balaban J connectivity index is 3.12. The molecule has 1 N–H and O–H groups in total. The molecule has 21 heavy (non-hydrogen) atoms. The van der Waals surface area contributed by atoms with Crippen LogP contribution in [0.25, 0.3) is 0 Å². The van der Waals surface area contributed by atoms with E-state index in [1.807, 2.05) is 26.2 Å². The zero-order valence-corrected chi connectivity index (χ0v) is 15.3. The molecule has 0 radical (unpaired) electrons. The second-order valence-corrected chi connectivity index (χ2v) is 8.15. The lowest BCUT2D eigenvalue weighted by molar-refractivity contribution is 0.415. The molecule has 0 aliphatic carbocycles. The average Bonchev–Trinajstić information content (AvgIpc) is 2.45. The number of benzene rings is 1. The molecule has 4 nitrogen and oxygen atoms in total. The van der Waals surface area contributed by atoms with Crippen LogP contribution in [0, 0.1) is 0 Å². The number of thioether (sulfide) groups is 1. The molecule has 7 heteroatoms. The quantitative estimate of drug-likeness (QED) is 0.783. The first kappa shape index (κ1) is 18.8. The van der Waals surface area contributed by atoms with Gasteiger partial charge in [-0.25, -0.2) is 8.42 Å². The van der Waals surface area contributed by atoms with Gasteiger partial charge in [0.1, 0.15) is 4.90 Å². The number of hydrogen-bond acceptors (Lipinski definition) is 4. The molecule has 0 spiro atoms. The van der Waals surface area contributed by atoms with Gasteiger partial charge in [-0.3, -0.25) is 0 Å². The van der Waals surface area contributed by atoms with Gasteiger partial charge in [-0.05, 0) is 37.4 Å². The standard InChI is InChI=1S/C14H23ClN2O2S2/c1-5-16-9-12-6-7-13(15)14(8-12)21(18,19)17(3)11(2)10-20-4/h6-8,11,16H,5,9-10H2,1-4H3. The van der Waals surface area contributed by atoms with Gasteiger partial charge in [0.05, 0.1) is 5.02 Å². The summed E-state index contributed by atoms with van der Waals surface area (Å²) >= 11 is 7.73. The van der Waals surface area contributed by atoms with Crippen molar-refractivity contribution in [2.45, 2.75) is 31.3 Å². The summed E-state index contributed by atoms with van der Waals surface area (Å²) in [4.78, 5) is 0.176. The summed E-state index contributed by atoms with van der Waals surface area (Å²) in [7, 11) is -1.98. The molecule has 0 bridgehead atoms. The van der Waals surface area contributed by atoms with Crippen LogP contribution in [0.5, 0.6) is 0 Å². The van der Waals surface area contributed by atoms with Gasteiger partial charge >= 0.3 is 0 Å². The van der Waals surface area contributed by atoms with Crippen LogP contribution >= 0.6 is 23.4 Å². The molecule has 0 aliphatic heterocycles. The van der Waals surface area contributed by atoms with Gasteiger partial charge in [0.25, 0.3) is 0 Å². The summed E-state index contributed by atoms with van der Waals surface area (Å²) in [6.45, 7) is 5.35. The van der Waals surface area contributed by atoms with Crippen LogP contribution in [0.1, 0.15) is 19.4 Å². The highest BCUT2D eigenvalue weighted by molar-refractivity contribution is 7.98. The van der Waals surface area contributed by atoms with Crippen LogP contribution in [0.2, 0.25) is 5.02 Å². The fraction of sp³-hybridized carbons (Fsp3) is 0.571. The van der Waals surface area contributed by atoms with Crippen molar-refractivity contribution in [2.24, 2.45) is 0 Å². The highest BCUT2D eigenvalue weighted by atomic mass is 35.5. The zero-order chi connectivity index (χ0) is 16.0. The molecular formula is C14H23ClN2O2S2. The molecule has 120 valence electrons. The SMILES string of the molecule is CCNCc1ccc(Cl)c(S(=O)(=O)N(C)C(C)CSC)c1. The highest BCUT2D eigenvalue weighted by Gasteiger charge is 2.27. The minimum absolute atomic E-state index is 0.0847. The minimum atomic E-state index is -3.58. The summed E-state index contributed by atoms with van der Waals surface area (Å²) in [6.07, 6.45) is 1.96. The molecule has 0 fully saturated rings. The molecule has 0 saturated carbocycles. The molecule has 1 rings (SSSR count). The molecule has 0 aliphatic rings. The maximum Gasteiger partial charge on any atom is 0.244 e. The first-order chi connectivity index (χ1) is 9.84. The number of nitrogens with one attached hydrogen (secondary N) is 1. The molecule has 0 aromatic heterocycles. The summed E-state index contributed by atoms with van der Waals surface area (Å²) in [5, 5.41) is 3.44. The Morgan fingerprint density at radius 2 is 2.10 bits per heavy atom. The van der Waals surface area contributed by atoms with Gasteiger partial charge in [-0.15, -0.1) is 0 Å². The van der Waals surface area contributed by atoms with Gasteiger partial charge in [0, 0.05) is 25.4 Å². The van der Waals surface area contributed by atoms with Crippen LogP contribution in [0.4, 0.5) is 0 Å². The number of sulfonamides is 1. The fourth-order valence-corrected chi connectivity index (χ4v) is 4.55. The Kier molecular flexibility index (Phi) is 7.50. The largest absolute Gasteiger partial charge is 0.313 e. The summed E-state index contributed by atoms with van der Waals surface area (Å²) in [5.74, 6) is 0.741. The third kappa shape index (κ3) is 4.86. The van der Waals surface area contributed by atoms with Gasteiger partial charge in [-0.1, -0.05) is 24.6 Å². The number of halogens is 1. The lowest BCUT2D eigenvalue weighted by atomic mass is 10.2. The van der Waals surface area contributed by atoms with Crippen LogP contribution in [-0.4, -0.2) is 44.4 Å². The van der Waals surface area contributed by atoms with Gasteiger partial charge in [-0.2, -0.15) is 16.1 Å². The van der Waals surface area contributed by atoms with Crippen LogP contribution in [0.3, 0.4) is 0 Å². The van der Waals surface area contributed by atoms with Gasteiger partial charge < -0.3 is 5.32 Å². The van der Waals surface area contributed by atoms with Crippen LogP contribution < -0.4 is 5.32 Å². The Morgan fingerprint density at radius 3 is 2.67 bits per heavy atom. The van der Waals surface area contributed by atoms with E-state index in [-0.39, 0.29) is 16.0 Å². The maximum absolute atomic E-state index is 12.7. The number of nitrogens with zero attached hydrogens (tertiary/aromatic N) is 1. The molecule has 1 aromatic carbocycles. The van der Waals surface area contributed by atoms with Crippen molar-refractivity contribution in [3.8, 4) is 0 Å². The summed E-state index contributed by atoms with van der Waals surface area (Å²) in [6, 6.07) is 5.06. The number of hydrogen-bond donors (Lipinski definition) is 1. The number of rotatable bonds is 8. The van der Waals surface area contributed by atoms with E-state index >= 15 is 0 Å². The molecular weight excluding hydrogens is 328 g/mol. The predicted octanol–water partition coefficient (Wildman–Crippen LogP) is 2.82. The first-order valence-corrected chi connectivity index (χ1v) is 10.0. The van der Waals surface area contributed by atoms with Gasteiger partial charge in [0.2, 0.25) is 10.0 Å². The van der Waals surface area contributed by atoms with E-state index in [0.29, 0.717) is 6.54 Å². The summed E-state index contributed by atoms with van der Waals surface area (Å²) in [5.41, 5.74) is 0.908. The van der Waals surface area contributed by atoms with E-state index in [2.05, 4.69) is 5.32 Å². The topological polar surface area (TPSA) is 49.4 Å². The van der Waals surface area contributed by atoms with Crippen molar-refractivity contribution >= 4 is 33.4 Å². The molecule has 1 aromatic rings. The normalized spacial score (nSPS) is 13.6. The Bertz CT molecular complexity index is 564.